The lowest BCUT2D eigenvalue weighted by atomic mass is 9.96. The molecular weight excluding hydrogens is 428 g/mol. The van der Waals surface area contributed by atoms with Crippen LogP contribution in [0.1, 0.15) is 29.4 Å². The molecule has 0 saturated heterocycles. The zero-order chi connectivity index (χ0) is 24.2. The summed E-state index contributed by atoms with van der Waals surface area (Å²) in [5, 5.41) is 3.93. The molecule has 0 saturated carbocycles. The predicted molar refractivity (Wildman–Crippen MR) is 134 cm³/mol. The van der Waals surface area contributed by atoms with Crippen LogP contribution >= 0.6 is 0 Å². The molecule has 0 aliphatic heterocycles. The second-order valence-corrected chi connectivity index (χ2v) is 8.16. The van der Waals surface area contributed by atoms with Gasteiger partial charge in [0.2, 0.25) is 0 Å². The van der Waals surface area contributed by atoms with Crippen LogP contribution in [0, 0.1) is 6.92 Å². The molecule has 4 aromatic rings. The summed E-state index contributed by atoms with van der Waals surface area (Å²) in [7, 11) is 1.55. The number of pyridine rings is 1. The van der Waals surface area contributed by atoms with Crippen LogP contribution in [0.3, 0.4) is 0 Å². The molecule has 1 atom stereocenters. The van der Waals surface area contributed by atoms with E-state index in [0.29, 0.717) is 22.0 Å². The average Bonchev–Trinajstić information content (AvgIpc) is 2.85. The van der Waals surface area contributed by atoms with Crippen LogP contribution in [0.25, 0.3) is 21.9 Å². The molecular formula is C28H26N2O4. The van der Waals surface area contributed by atoms with Gasteiger partial charge in [0.15, 0.2) is 6.10 Å². The summed E-state index contributed by atoms with van der Waals surface area (Å²) >= 11 is 0. The summed E-state index contributed by atoms with van der Waals surface area (Å²) in [6.07, 6.45) is -0.730. The second-order valence-electron chi connectivity index (χ2n) is 8.16. The van der Waals surface area contributed by atoms with E-state index in [1.807, 2.05) is 49.4 Å². The average molecular weight is 455 g/mol. The first kappa shape index (κ1) is 23.0. The van der Waals surface area contributed by atoms with Gasteiger partial charge in [-0.15, -0.1) is 0 Å². The molecule has 0 aliphatic rings. The first-order chi connectivity index (χ1) is 16.4. The smallest absolute Gasteiger partial charge is 0.356 e. The quantitative estimate of drug-likeness (QED) is 0.412. The minimum atomic E-state index is -1.01. The van der Waals surface area contributed by atoms with Crippen molar-refractivity contribution in [1.29, 1.82) is 0 Å². The predicted octanol–water partition coefficient (Wildman–Crippen LogP) is 5.09. The van der Waals surface area contributed by atoms with Gasteiger partial charge in [0.1, 0.15) is 5.69 Å². The standard InChI is InChI=1S/C28H26N2O4/c1-4-23(26(31)29-20-10-6-5-7-11-20)34-28(33)25-24(19-16-14-18(2)15-17-19)21-12-8-9-13-22(21)27(32)30(25)3/h5-17,23H,4H2,1-3H3,(H,29,31). The number of nitrogens with zero attached hydrogens (tertiary/aromatic N) is 1. The van der Waals surface area contributed by atoms with Crippen molar-refractivity contribution < 1.29 is 14.3 Å². The largest absolute Gasteiger partial charge is 0.448 e. The Morgan fingerprint density at radius 1 is 0.912 bits per heavy atom. The third-order valence-corrected chi connectivity index (χ3v) is 5.79. The Labute approximate surface area is 197 Å². The van der Waals surface area contributed by atoms with Gasteiger partial charge < -0.3 is 14.6 Å². The summed E-state index contributed by atoms with van der Waals surface area (Å²) < 4.78 is 6.99. The van der Waals surface area contributed by atoms with Crippen molar-refractivity contribution in [1.82, 2.24) is 4.57 Å². The number of aromatic nitrogens is 1. The highest BCUT2D eigenvalue weighted by Gasteiger charge is 2.27. The van der Waals surface area contributed by atoms with Crippen LogP contribution in [0.2, 0.25) is 0 Å². The molecule has 6 heteroatoms. The van der Waals surface area contributed by atoms with E-state index in [9.17, 15) is 14.4 Å². The number of aryl methyl sites for hydroxylation is 1. The number of nitrogens with one attached hydrogen (secondary N) is 1. The fourth-order valence-electron chi connectivity index (χ4n) is 3.97. The normalized spacial score (nSPS) is 11.7. The third-order valence-electron chi connectivity index (χ3n) is 5.79. The molecule has 172 valence electrons. The minimum absolute atomic E-state index is 0.110. The number of para-hydroxylation sites is 1. The Morgan fingerprint density at radius 2 is 1.53 bits per heavy atom. The number of amides is 1. The highest BCUT2D eigenvalue weighted by Crippen LogP contribution is 2.31. The number of hydrogen-bond donors (Lipinski definition) is 1. The minimum Gasteiger partial charge on any atom is -0.448 e. The van der Waals surface area contributed by atoms with Gasteiger partial charge in [-0.1, -0.05) is 73.2 Å². The van der Waals surface area contributed by atoms with Gasteiger partial charge >= 0.3 is 5.97 Å². The number of rotatable bonds is 6. The van der Waals surface area contributed by atoms with E-state index in [-0.39, 0.29) is 17.7 Å². The summed E-state index contributed by atoms with van der Waals surface area (Å²) in [6, 6.07) is 23.9. The van der Waals surface area contributed by atoms with E-state index in [1.165, 1.54) is 4.57 Å². The Morgan fingerprint density at radius 3 is 2.18 bits per heavy atom. The van der Waals surface area contributed by atoms with E-state index in [4.69, 9.17) is 4.74 Å². The zero-order valence-corrected chi connectivity index (χ0v) is 19.4. The van der Waals surface area contributed by atoms with Crippen LogP contribution in [0.5, 0.6) is 0 Å². The van der Waals surface area contributed by atoms with Gasteiger partial charge in [-0.25, -0.2) is 4.79 Å². The van der Waals surface area contributed by atoms with Crippen LogP contribution in [-0.4, -0.2) is 22.5 Å². The molecule has 34 heavy (non-hydrogen) atoms. The Balaban J connectivity index is 1.78. The number of carbonyl (C=O) groups excluding carboxylic acids is 2. The number of ether oxygens (including phenoxy) is 1. The van der Waals surface area contributed by atoms with Crippen molar-refractivity contribution in [3.05, 3.63) is 100 Å². The molecule has 1 heterocycles. The van der Waals surface area contributed by atoms with E-state index in [1.54, 1.807) is 50.4 Å². The molecule has 0 fully saturated rings. The number of fused-ring (bicyclic) bond motifs is 1. The van der Waals surface area contributed by atoms with Crippen molar-refractivity contribution >= 4 is 28.3 Å². The summed E-state index contributed by atoms with van der Waals surface area (Å²) in [5.41, 5.74) is 2.87. The fraction of sp³-hybridized carbons (Fsp3) is 0.179. The van der Waals surface area contributed by atoms with Crippen molar-refractivity contribution in [2.24, 2.45) is 7.05 Å². The molecule has 1 amide bonds. The van der Waals surface area contributed by atoms with Gasteiger partial charge in [0.05, 0.1) is 0 Å². The SMILES string of the molecule is CCC(OC(=O)c1c(-c2ccc(C)cc2)c2ccccc2c(=O)n1C)C(=O)Nc1ccccc1. The van der Waals surface area contributed by atoms with Crippen molar-refractivity contribution in [2.45, 2.75) is 26.4 Å². The van der Waals surface area contributed by atoms with E-state index >= 15 is 0 Å². The Hall–Kier alpha value is -4.19. The zero-order valence-electron chi connectivity index (χ0n) is 19.4. The van der Waals surface area contributed by atoms with Crippen LogP contribution in [0.15, 0.2) is 83.7 Å². The van der Waals surface area contributed by atoms with E-state index < -0.39 is 18.0 Å². The number of benzene rings is 3. The molecule has 4 rings (SSSR count). The lowest BCUT2D eigenvalue weighted by molar-refractivity contribution is -0.124. The Kier molecular flexibility index (Phi) is 6.59. The van der Waals surface area contributed by atoms with Crippen molar-refractivity contribution in [3.63, 3.8) is 0 Å². The first-order valence-corrected chi connectivity index (χ1v) is 11.2. The maximum atomic E-state index is 13.5. The number of hydrogen-bond acceptors (Lipinski definition) is 4. The maximum Gasteiger partial charge on any atom is 0.356 e. The first-order valence-electron chi connectivity index (χ1n) is 11.2. The monoisotopic (exact) mass is 454 g/mol. The number of carbonyl (C=O) groups is 2. The molecule has 0 spiro atoms. The van der Waals surface area contributed by atoms with Gasteiger partial charge in [0, 0.05) is 23.7 Å². The molecule has 6 nitrogen and oxygen atoms in total. The third kappa shape index (κ3) is 4.48. The van der Waals surface area contributed by atoms with E-state index in [2.05, 4.69) is 5.32 Å². The van der Waals surface area contributed by atoms with Gasteiger partial charge in [0.25, 0.3) is 11.5 Å². The topological polar surface area (TPSA) is 77.4 Å². The van der Waals surface area contributed by atoms with Gasteiger partial charge in [-0.2, -0.15) is 0 Å². The number of anilines is 1. The molecule has 0 bridgehead atoms. The number of esters is 1. The maximum absolute atomic E-state index is 13.5. The van der Waals surface area contributed by atoms with Crippen molar-refractivity contribution in [3.8, 4) is 11.1 Å². The Bertz CT molecular complexity index is 1410. The van der Waals surface area contributed by atoms with Gasteiger partial charge in [-0.3, -0.25) is 9.59 Å². The van der Waals surface area contributed by atoms with E-state index in [0.717, 1.165) is 11.1 Å². The highest BCUT2D eigenvalue weighted by molar-refractivity contribution is 6.07. The van der Waals surface area contributed by atoms with Gasteiger partial charge in [-0.05, 0) is 42.5 Å². The molecule has 1 N–H and O–H groups in total. The molecule has 3 aromatic carbocycles. The van der Waals surface area contributed by atoms with Crippen LogP contribution < -0.4 is 10.9 Å². The molecule has 1 aromatic heterocycles. The molecule has 0 radical (unpaired) electrons. The fourth-order valence-corrected chi connectivity index (χ4v) is 3.97. The van der Waals surface area contributed by atoms with Crippen LogP contribution in [-0.2, 0) is 16.6 Å². The van der Waals surface area contributed by atoms with Crippen molar-refractivity contribution in [2.75, 3.05) is 5.32 Å². The second kappa shape index (κ2) is 9.75. The molecule has 0 aliphatic carbocycles. The summed E-state index contributed by atoms with van der Waals surface area (Å²) in [6.45, 7) is 3.75. The lowest BCUT2D eigenvalue weighted by Crippen LogP contribution is -2.34. The lowest BCUT2D eigenvalue weighted by Gasteiger charge is -2.20. The summed E-state index contributed by atoms with van der Waals surface area (Å²) in [4.78, 5) is 39.4. The molecule has 1 unspecified atom stereocenters. The van der Waals surface area contributed by atoms with Crippen LogP contribution in [0.4, 0.5) is 5.69 Å². The summed E-state index contributed by atoms with van der Waals surface area (Å²) in [5.74, 6) is -1.15. The highest BCUT2D eigenvalue weighted by atomic mass is 16.5.